The van der Waals surface area contributed by atoms with E-state index in [9.17, 15) is 14.3 Å². The number of hydrogen-bond acceptors (Lipinski definition) is 4. The number of carbonyl (C=O) groups excluding carboxylic acids is 1. The summed E-state index contributed by atoms with van der Waals surface area (Å²) in [6, 6.07) is 1.85. The highest BCUT2D eigenvalue weighted by molar-refractivity contribution is 5.93. The molecule has 15 heavy (non-hydrogen) atoms. The van der Waals surface area contributed by atoms with Crippen LogP contribution in [0.3, 0.4) is 0 Å². The van der Waals surface area contributed by atoms with Gasteiger partial charge in [0.15, 0.2) is 11.5 Å². The number of phenols is 2. The van der Waals surface area contributed by atoms with Crippen molar-refractivity contribution in [3.8, 4) is 11.5 Å². The quantitative estimate of drug-likeness (QED) is 0.594. The summed E-state index contributed by atoms with van der Waals surface area (Å²) >= 11 is 0. The Labute approximate surface area is 85.9 Å². The first-order valence-electron chi connectivity index (χ1n) is 4.45. The van der Waals surface area contributed by atoms with Gasteiger partial charge in [-0.3, -0.25) is 0 Å². The number of phenolic OH excluding ortho intramolecular Hbond substituents is 2. The van der Waals surface area contributed by atoms with Crippen LogP contribution in [-0.4, -0.2) is 22.8 Å². The summed E-state index contributed by atoms with van der Waals surface area (Å²) in [6.07, 6.45) is 0.590. The van der Waals surface area contributed by atoms with E-state index < -0.39 is 28.8 Å². The Morgan fingerprint density at radius 2 is 2.13 bits per heavy atom. The molecule has 5 heteroatoms. The predicted molar refractivity (Wildman–Crippen MR) is 50.3 cm³/mol. The van der Waals surface area contributed by atoms with Crippen molar-refractivity contribution >= 4 is 5.97 Å². The zero-order chi connectivity index (χ0) is 11.4. The summed E-state index contributed by atoms with van der Waals surface area (Å²) in [5, 5.41) is 18.3. The number of aromatic hydroxyl groups is 2. The van der Waals surface area contributed by atoms with Gasteiger partial charge in [0.2, 0.25) is 0 Å². The Morgan fingerprint density at radius 1 is 1.47 bits per heavy atom. The van der Waals surface area contributed by atoms with Gasteiger partial charge in [-0.25, -0.2) is 9.18 Å². The van der Waals surface area contributed by atoms with Crippen LogP contribution < -0.4 is 0 Å². The van der Waals surface area contributed by atoms with Crippen molar-refractivity contribution in [2.24, 2.45) is 0 Å². The molecule has 4 nitrogen and oxygen atoms in total. The van der Waals surface area contributed by atoms with Crippen molar-refractivity contribution in [2.75, 3.05) is 6.61 Å². The van der Waals surface area contributed by atoms with E-state index in [1.165, 1.54) is 0 Å². The van der Waals surface area contributed by atoms with Gasteiger partial charge in [0.1, 0.15) is 11.4 Å². The molecule has 1 aromatic carbocycles. The summed E-state index contributed by atoms with van der Waals surface area (Å²) < 4.78 is 17.8. The molecule has 0 saturated carbocycles. The molecular formula is C10H11FO4. The molecule has 0 saturated heterocycles. The van der Waals surface area contributed by atoms with Crippen LogP contribution in [0, 0.1) is 5.82 Å². The largest absolute Gasteiger partial charge is 0.504 e. The second kappa shape index (κ2) is 4.63. The Hall–Kier alpha value is -1.78. The van der Waals surface area contributed by atoms with Gasteiger partial charge >= 0.3 is 5.97 Å². The first-order chi connectivity index (χ1) is 7.07. The zero-order valence-corrected chi connectivity index (χ0v) is 8.16. The molecule has 0 aliphatic carbocycles. The van der Waals surface area contributed by atoms with Gasteiger partial charge in [-0.15, -0.1) is 0 Å². The average molecular weight is 214 g/mol. The Morgan fingerprint density at radius 3 is 2.73 bits per heavy atom. The minimum absolute atomic E-state index is 0.132. The lowest BCUT2D eigenvalue weighted by molar-refractivity contribution is 0.0495. The highest BCUT2D eigenvalue weighted by Crippen LogP contribution is 2.30. The van der Waals surface area contributed by atoms with E-state index in [4.69, 9.17) is 5.11 Å². The second-order valence-corrected chi connectivity index (χ2v) is 2.93. The fourth-order valence-electron chi connectivity index (χ4n) is 1.02. The first kappa shape index (κ1) is 11.3. The number of benzene rings is 1. The van der Waals surface area contributed by atoms with Crippen molar-refractivity contribution < 1.29 is 24.1 Å². The molecule has 0 aliphatic heterocycles. The lowest BCUT2D eigenvalue weighted by atomic mass is 10.2. The van der Waals surface area contributed by atoms with Crippen LogP contribution in [0.15, 0.2) is 12.1 Å². The number of ether oxygens (including phenoxy) is 1. The molecule has 0 unspecified atom stereocenters. The highest BCUT2D eigenvalue weighted by atomic mass is 19.1. The molecular weight excluding hydrogens is 203 g/mol. The molecule has 0 amide bonds. The topological polar surface area (TPSA) is 66.8 Å². The minimum atomic E-state index is -0.984. The molecule has 0 radical (unpaired) electrons. The van der Waals surface area contributed by atoms with E-state index >= 15 is 0 Å². The molecule has 0 aromatic heterocycles. The van der Waals surface area contributed by atoms with E-state index in [1.54, 1.807) is 6.92 Å². The van der Waals surface area contributed by atoms with Gasteiger partial charge in [0.05, 0.1) is 6.61 Å². The van der Waals surface area contributed by atoms with Crippen molar-refractivity contribution in [3.63, 3.8) is 0 Å². The van der Waals surface area contributed by atoms with Crippen LogP contribution in [0.5, 0.6) is 11.5 Å². The fourth-order valence-corrected chi connectivity index (χ4v) is 1.02. The number of esters is 1. The van der Waals surface area contributed by atoms with Crippen LogP contribution in [0.25, 0.3) is 0 Å². The summed E-state index contributed by atoms with van der Waals surface area (Å²) in [4.78, 5) is 11.3. The molecule has 0 spiro atoms. The third-order valence-corrected chi connectivity index (χ3v) is 1.75. The monoisotopic (exact) mass is 214 g/mol. The van der Waals surface area contributed by atoms with E-state index in [-0.39, 0.29) is 6.61 Å². The van der Waals surface area contributed by atoms with Gasteiger partial charge in [-0.05, 0) is 18.6 Å². The van der Waals surface area contributed by atoms with E-state index in [2.05, 4.69) is 4.74 Å². The lowest BCUT2D eigenvalue weighted by Gasteiger charge is -2.07. The van der Waals surface area contributed by atoms with Gasteiger partial charge in [0.25, 0.3) is 0 Å². The van der Waals surface area contributed by atoms with Gasteiger partial charge in [-0.1, -0.05) is 6.92 Å². The van der Waals surface area contributed by atoms with E-state index in [0.29, 0.717) is 6.42 Å². The lowest BCUT2D eigenvalue weighted by Crippen LogP contribution is -2.08. The molecule has 1 aromatic rings. The Balaban J connectivity index is 3.02. The van der Waals surface area contributed by atoms with Crippen LogP contribution in [-0.2, 0) is 4.74 Å². The van der Waals surface area contributed by atoms with Gasteiger partial charge in [-0.2, -0.15) is 0 Å². The average Bonchev–Trinajstić information content (AvgIpc) is 2.21. The maximum Gasteiger partial charge on any atom is 0.345 e. The standard InChI is InChI=1S/C10H11FO4/c1-2-5-15-10(14)8-6(11)3-4-7(12)9(8)13/h3-4,12-13H,2,5H2,1H3. The van der Waals surface area contributed by atoms with Gasteiger partial charge in [0, 0.05) is 0 Å². The van der Waals surface area contributed by atoms with E-state index in [0.717, 1.165) is 12.1 Å². The maximum atomic E-state index is 13.1. The Kier molecular flexibility index (Phi) is 3.49. The molecule has 0 aliphatic rings. The molecule has 0 bridgehead atoms. The normalized spacial score (nSPS) is 10.0. The summed E-state index contributed by atoms with van der Waals surface area (Å²) in [5.41, 5.74) is -0.636. The molecule has 0 heterocycles. The smallest absolute Gasteiger partial charge is 0.345 e. The van der Waals surface area contributed by atoms with Gasteiger partial charge < -0.3 is 14.9 Å². The third kappa shape index (κ3) is 2.37. The van der Waals surface area contributed by atoms with Crippen molar-refractivity contribution in [3.05, 3.63) is 23.5 Å². The molecule has 1 rings (SSSR count). The SMILES string of the molecule is CCCOC(=O)c1c(F)ccc(O)c1O. The summed E-state index contributed by atoms with van der Waals surface area (Å²) in [6.45, 7) is 1.92. The van der Waals surface area contributed by atoms with Crippen LogP contribution in [0.2, 0.25) is 0 Å². The van der Waals surface area contributed by atoms with Crippen molar-refractivity contribution in [1.29, 1.82) is 0 Å². The van der Waals surface area contributed by atoms with Crippen LogP contribution >= 0.6 is 0 Å². The number of rotatable bonds is 3. The summed E-state index contributed by atoms with van der Waals surface area (Å²) in [5.74, 6) is -3.26. The fraction of sp³-hybridized carbons (Fsp3) is 0.300. The number of halogens is 1. The van der Waals surface area contributed by atoms with Crippen molar-refractivity contribution in [2.45, 2.75) is 13.3 Å². The third-order valence-electron chi connectivity index (χ3n) is 1.75. The minimum Gasteiger partial charge on any atom is -0.504 e. The first-order valence-corrected chi connectivity index (χ1v) is 4.45. The predicted octanol–water partition coefficient (Wildman–Crippen LogP) is 1.80. The second-order valence-electron chi connectivity index (χ2n) is 2.93. The zero-order valence-electron chi connectivity index (χ0n) is 8.16. The highest BCUT2D eigenvalue weighted by Gasteiger charge is 2.20. The molecule has 0 fully saturated rings. The van der Waals surface area contributed by atoms with Crippen LogP contribution in [0.1, 0.15) is 23.7 Å². The van der Waals surface area contributed by atoms with Crippen molar-refractivity contribution in [1.82, 2.24) is 0 Å². The summed E-state index contributed by atoms with van der Waals surface area (Å²) in [7, 11) is 0. The van der Waals surface area contributed by atoms with E-state index in [1.807, 2.05) is 0 Å². The Bertz CT molecular complexity index is 376. The molecule has 0 atom stereocenters. The molecule has 2 N–H and O–H groups in total. The van der Waals surface area contributed by atoms with Crippen LogP contribution in [0.4, 0.5) is 4.39 Å². The number of hydrogen-bond donors (Lipinski definition) is 2. The number of carbonyl (C=O) groups is 1. The maximum absolute atomic E-state index is 13.1. The molecule has 82 valence electrons.